The fraction of sp³-hybridized carbons (Fsp3) is 0.235. The molecule has 3 rings (SSSR count). The molecule has 0 spiro atoms. The van der Waals surface area contributed by atoms with E-state index < -0.39 is 0 Å². The summed E-state index contributed by atoms with van der Waals surface area (Å²) in [5.74, 6) is -0.256. The quantitative estimate of drug-likeness (QED) is 0.646. The van der Waals surface area contributed by atoms with E-state index >= 15 is 0 Å². The van der Waals surface area contributed by atoms with Crippen LogP contribution in [0.2, 0.25) is 10.0 Å². The zero-order valence-electron chi connectivity index (χ0n) is 13.2. The number of hydrogen-bond acceptors (Lipinski definition) is 4. The second kappa shape index (κ2) is 7.82. The number of benzene rings is 1. The number of nitrogens with one attached hydrogen (secondary N) is 1. The van der Waals surface area contributed by atoms with Crippen molar-refractivity contribution in [3.8, 4) is 0 Å². The van der Waals surface area contributed by atoms with Crippen LogP contribution in [0.5, 0.6) is 0 Å². The lowest BCUT2D eigenvalue weighted by Gasteiger charge is -2.05. The van der Waals surface area contributed by atoms with E-state index in [9.17, 15) is 4.79 Å². The number of carbonyl (C=O) groups excluding carboxylic acids is 1. The Hall–Kier alpha value is -2.15. The highest BCUT2D eigenvalue weighted by molar-refractivity contribution is 6.42. The van der Waals surface area contributed by atoms with Gasteiger partial charge in [-0.1, -0.05) is 29.3 Å². The number of aliphatic hydroxyl groups is 1. The van der Waals surface area contributed by atoms with Crippen LogP contribution in [0.1, 0.15) is 27.9 Å². The van der Waals surface area contributed by atoms with Crippen LogP contribution in [-0.4, -0.2) is 38.8 Å². The van der Waals surface area contributed by atoms with Crippen LogP contribution in [0.3, 0.4) is 0 Å². The van der Waals surface area contributed by atoms with Gasteiger partial charge in [0.2, 0.25) is 0 Å². The Morgan fingerprint density at radius 2 is 2.04 bits per heavy atom. The molecule has 8 heteroatoms. The van der Waals surface area contributed by atoms with Crippen LogP contribution < -0.4 is 5.32 Å². The van der Waals surface area contributed by atoms with Crippen molar-refractivity contribution in [2.45, 2.75) is 12.8 Å². The number of aromatic nitrogens is 3. The molecule has 130 valence electrons. The van der Waals surface area contributed by atoms with Crippen molar-refractivity contribution in [3.63, 3.8) is 0 Å². The third-order valence-electron chi connectivity index (χ3n) is 3.67. The van der Waals surface area contributed by atoms with Gasteiger partial charge in [-0.2, -0.15) is 5.10 Å². The van der Waals surface area contributed by atoms with Gasteiger partial charge in [0, 0.05) is 32.0 Å². The van der Waals surface area contributed by atoms with Crippen molar-refractivity contribution >= 4 is 34.8 Å². The van der Waals surface area contributed by atoms with Crippen molar-refractivity contribution in [2.75, 3.05) is 13.2 Å². The summed E-state index contributed by atoms with van der Waals surface area (Å²) in [5, 5.41) is 16.7. The fourth-order valence-electron chi connectivity index (χ4n) is 2.43. The minimum atomic E-state index is -0.256. The smallest absolute Gasteiger partial charge is 0.256 e. The number of carbonyl (C=O) groups is 1. The Labute approximate surface area is 154 Å². The zero-order chi connectivity index (χ0) is 17.8. The van der Waals surface area contributed by atoms with Gasteiger partial charge in [0.15, 0.2) is 5.65 Å². The fourth-order valence-corrected chi connectivity index (χ4v) is 2.75. The summed E-state index contributed by atoms with van der Waals surface area (Å²) < 4.78 is 1.58. The van der Waals surface area contributed by atoms with E-state index in [1.165, 1.54) is 6.20 Å². The molecule has 3 aromatic rings. The lowest BCUT2D eigenvalue weighted by Crippen LogP contribution is -2.25. The summed E-state index contributed by atoms with van der Waals surface area (Å²) in [6.45, 7) is 0.438. The summed E-state index contributed by atoms with van der Waals surface area (Å²) in [6.07, 6.45) is 6.16. The highest BCUT2D eigenvalue weighted by atomic mass is 35.5. The van der Waals surface area contributed by atoms with Gasteiger partial charge < -0.3 is 10.4 Å². The molecule has 1 amide bonds. The second-order valence-electron chi connectivity index (χ2n) is 5.55. The second-order valence-corrected chi connectivity index (χ2v) is 6.36. The van der Waals surface area contributed by atoms with Crippen molar-refractivity contribution in [1.82, 2.24) is 19.9 Å². The third-order valence-corrected chi connectivity index (χ3v) is 4.41. The van der Waals surface area contributed by atoms with Crippen molar-refractivity contribution in [2.24, 2.45) is 0 Å². The van der Waals surface area contributed by atoms with Gasteiger partial charge in [0.05, 0.1) is 16.2 Å². The average molecular weight is 379 g/mol. The minimum Gasteiger partial charge on any atom is -0.396 e. The molecule has 1 aromatic carbocycles. The molecular formula is C17H16Cl2N4O2. The maximum Gasteiger partial charge on any atom is 0.256 e. The van der Waals surface area contributed by atoms with Gasteiger partial charge in [0.25, 0.3) is 5.91 Å². The van der Waals surface area contributed by atoms with Gasteiger partial charge in [-0.3, -0.25) is 4.79 Å². The minimum absolute atomic E-state index is 0.0331. The van der Waals surface area contributed by atoms with Crippen LogP contribution in [0, 0.1) is 0 Å². The van der Waals surface area contributed by atoms with E-state index in [-0.39, 0.29) is 12.5 Å². The first-order valence-corrected chi connectivity index (χ1v) is 8.49. The molecule has 0 aliphatic rings. The van der Waals surface area contributed by atoms with Gasteiger partial charge >= 0.3 is 0 Å². The van der Waals surface area contributed by atoms with E-state index in [0.717, 1.165) is 11.1 Å². The van der Waals surface area contributed by atoms with Gasteiger partial charge in [-0.25, -0.2) is 9.50 Å². The Morgan fingerprint density at radius 1 is 1.20 bits per heavy atom. The molecule has 0 aliphatic carbocycles. The number of amides is 1. The number of hydrogen-bond donors (Lipinski definition) is 2. The molecule has 0 atom stereocenters. The highest BCUT2D eigenvalue weighted by Crippen LogP contribution is 2.24. The van der Waals surface area contributed by atoms with E-state index in [0.29, 0.717) is 40.6 Å². The monoisotopic (exact) mass is 378 g/mol. The number of halogens is 2. The summed E-state index contributed by atoms with van der Waals surface area (Å²) in [7, 11) is 0. The van der Waals surface area contributed by atoms with E-state index in [2.05, 4.69) is 15.4 Å². The molecule has 0 radical (unpaired) electrons. The lowest BCUT2D eigenvalue weighted by atomic mass is 10.1. The summed E-state index contributed by atoms with van der Waals surface area (Å²) in [4.78, 5) is 16.5. The highest BCUT2D eigenvalue weighted by Gasteiger charge is 2.14. The van der Waals surface area contributed by atoms with Crippen molar-refractivity contribution < 1.29 is 9.90 Å². The molecule has 0 fully saturated rings. The average Bonchev–Trinajstić information content (AvgIpc) is 3.01. The van der Waals surface area contributed by atoms with Crippen molar-refractivity contribution in [1.29, 1.82) is 0 Å². The molecule has 0 bridgehead atoms. The summed E-state index contributed by atoms with van der Waals surface area (Å²) in [5.41, 5.74) is 2.82. The Bertz CT molecular complexity index is 911. The standard InChI is InChI=1S/C17H16Cl2N4O2/c18-14-3-2-11(7-15(14)19)6-12-8-21-16-13(9-22-23(16)10-12)17(25)20-4-1-5-24/h2-3,7-10,24H,1,4-6H2,(H,20,25). The maximum absolute atomic E-state index is 12.1. The third kappa shape index (κ3) is 4.10. The molecule has 0 aliphatic heterocycles. The number of rotatable bonds is 6. The maximum atomic E-state index is 12.1. The Kier molecular flexibility index (Phi) is 5.53. The SMILES string of the molecule is O=C(NCCCO)c1cnn2cc(Cc3ccc(Cl)c(Cl)c3)cnc12. The molecule has 0 saturated carbocycles. The molecule has 0 saturated heterocycles. The Morgan fingerprint density at radius 3 is 2.80 bits per heavy atom. The Balaban J connectivity index is 1.79. The van der Waals surface area contributed by atoms with E-state index in [1.807, 2.05) is 18.3 Å². The van der Waals surface area contributed by atoms with Crippen molar-refractivity contribution in [3.05, 3.63) is 63.5 Å². The number of nitrogens with zero attached hydrogens (tertiary/aromatic N) is 3. The molecule has 6 nitrogen and oxygen atoms in total. The molecular weight excluding hydrogens is 363 g/mol. The largest absolute Gasteiger partial charge is 0.396 e. The molecule has 2 N–H and O–H groups in total. The van der Waals surface area contributed by atoms with Gasteiger partial charge in [-0.15, -0.1) is 0 Å². The molecule has 2 aromatic heterocycles. The predicted molar refractivity (Wildman–Crippen MR) is 96.3 cm³/mol. The summed E-state index contributed by atoms with van der Waals surface area (Å²) >= 11 is 12.0. The van der Waals surface area contributed by atoms with Crippen LogP contribution in [0.25, 0.3) is 5.65 Å². The molecule has 25 heavy (non-hydrogen) atoms. The number of aliphatic hydroxyl groups excluding tert-OH is 1. The first-order chi connectivity index (χ1) is 12.1. The summed E-state index contributed by atoms with van der Waals surface area (Å²) in [6, 6.07) is 5.48. The normalized spacial score (nSPS) is 11.0. The van der Waals surface area contributed by atoms with Crippen LogP contribution >= 0.6 is 23.2 Å². The lowest BCUT2D eigenvalue weighted by molar-refractivity contribution is 0.0952. The first-order valence-electron chi connectivity index (χ1n) is 7.73. The molecule has 0 unspecified atom stereocenters. The van der Waals surface area contributed by atoms with Gasteiger partial charge in [0.1, 0.15) is 5.56 Å². The topological polar surface area (TPSA) is 79.5 Å². The zero-order valence-corrected chi connectivity index (χ0v) is 14.8. The predicted octanol–water partition coefficient (Wildman–Crippen LogP) is 2.74. The van der Waals surface area contributed by atoms with Crippen LogP contribution in [0.4, 0.5) is 0 Å². The number of fused-ring (bicyclic) bond motifs is 1. The van der Waals surface area contributed by atoms with E-state index in [4.69, 9.17) is 28.3 Å². The molecule has 2 heterocycles. The first kappa shape index (κ1) is 17.7. The van der Waals surface area contributed by atoms with E-state index in [1.54, 1.807) is 16.8 Å². The van der Waals surface area contributed by atoms with Crippen LogP contribution in [-0.2, 0) is 6.42 Å². The van der Waals surface area contributed by atoms with Gasteiger partial charge in [-0.05, 0) is 29.7 Å². The van der Waals surface area contributed by atoms with Crippen LogP contribution in [0.15, 0.2) is 36.8 Å².